The van der Waals surface area contributed by atoms with Gasteiger partial charge in [0.25, 0.3) is 0 Å². The van der Waals surface area contributed by atoms with Crippen molar-refractivity contribution in [2.24, 2.45) is 11.8 Å². The first-order valence-corrected chi connectivity index (χ1v) is 7.22. The van der Waals surface area contributed by atoms with Gasteiger partial charge < -0.3 is 19.7 Å². The molecule has 5 heteroatoms. The van der Waals surface area contributed by atoms with Crippen molar-refractivity contribution in [1.29, 1.82) is 0 Å². The predicted molar refractivity (Wildman–Crippen MR) is 73.5 cm³/mol. The van der Waals surface area contributed by atoms with Gasteiger partial charge in [0.05, 0.1) is 12.2 Å². The molecule has 4 nitrogen and oxygen atoms in total. The van der Waals surface area contributed by atoms with Crippen molar-refractivity contribution >= 4 is 12.6 Å². The summed E-state index contributed by atoms with van der Waals surface area (Å²) < 4.78 is 11.4. The van der Waals surface area contributed by atoms with Crippen molar-refractivity contribution in [3.8, 4) is 0 Å². The van der Waals surface area contributed by atoms with Crippen molar-refractivity contribution < 1.29 is 19.7 Å². The second kappa shape index (κ2) is 7.10. The number of aliphatic hydroxyl groups is 2. The van der Waals surface area contributed by atoms with E-state index >= 15 is 0 Å². The molecule has 18 heavy (non-hydrogen) atoms. The van der Waals surface area contributed by atoms with Gasteiger partial charge in [0, 0.05) is 19.6 Å². The molecule has 0 spiro atoms. The highest BCUT2D eigenvalue weighted by Crippen LogP contribution is 2.37. The average molecular weight is 278 g/mol. The third kappa shape index (κ3) is 5.05. The number of hydrogen-bond donors (Lipinski definition) is 3. The van der Waals surface area contributed by atoms with Crippen LogP contribution in [0.4, 0.5) is 0 Å². The highest BCUT2D eigenvalue weighted by molar-refractivity contribution is 7.81. The topological polar surface area (TPSA) is 58.9 Å². The molecule has 108 valence electrons. The van der Waals surface area contributed by atoms with Gasteiger partial charge in [-0.25, -0.2) is 0 Å². The molecule has 1 saturated carbocycles. The van der Waals surface area contributed by atoms with E-state index in [1.54, 1.807) is 0 Å². The molecule has 2 N–H and O–H groups in total. The second-order valence-corrected chi connectivity index (χ2v) is 5.89. The molecule has 1 rings (SSSR count). The summed E-state index contributed by atoms with van der Waals surface area (Å²) in [6, 6.07) is 0. The van der Waals surface area contributed by atoms with Crippen LogP contribution in [0.25, 0.3) is 0 Å². The number of thiol groups is 1. The normalized spacial score (nSPS) is 33.7. The lowest BCUT2D eigenvalue weighted by Crippen LogP contribution is -2.43. The van der Waals surface area contributed by atoms with E-state index in [1.807, 2.05) is 13.8 Å². The molecular weight excluding hydrogens is 252 g/mol. The van der Waals surface area contributed by atoms with Crippen LogP contribution in [0.1, 0.15) is 40.0 Å². The maximum Gasteiger partial charge on any atom is 0.210 e. The van der Waals surface area contributed by atoms with Crippen LogP contribution in [-0.2, 0) is 9.47 Å². The Kier molecular flexibility index (Phi) is 6.41. The van der Waals surface area contributed by atoms with Crippen LogP contribution in [-0.4, -0.2) is 40.8 Å². The average Bonchev–Trinajstić information content (AvgIpc) is 2.23. The predicted octanol–water partition coefficient (Wildman–Crippen LogP) is 1.80. The number of rotatable bonds is 6. The lowest BCUT2D eigenvalue weighted by molar-refractivity contribution is -0.135. The van der Waals surface area contributed by atoms with Gasteiger partial charge in [-0.3, -0.25) is 0 Å². The molecule has 0 aromatic rings. The Balaban J connectivity index is 2.67. The quantitative estimate of drug-likeness (QED) is 0.512. The zero-order valence-electron chi connectivity index (χ0n) is 11.5. The van der Waals surface area contributed by atoms with Gasteiger partial charge >= 0.3 is 0 Å². The Morgan fingerprint density at radius 3 is 2.17 bits per heavy atom. The molecule has 4 atom stereocenters. The van der Waals surface area contributed by atoms with Crippen molar-refractivity contribution in [3.05, 3.63) is 0 Å². The van der Waals surface area contributed by atoms with Gasteiger partial charge in [0.15, 0.2) is 0 Å². The fourth-order valence-electron chi connectivity index (χ4n) is 2.82. The first-order valence-electron chi connectivity index (χ1n) is 6.77. The number of hydrogen-bond acceptors (Lipinski definition) is 5. The number of ether oxygens (including phenoxy) is 2. The van der Waals surface area contributed by atoms with Crippen molar-refractivity contribution in [2.45, 2.75) is 57.4 Å². The minimum absolute atomic E-state index is 0.0625. The van der Waals surface area contributed by atoms with E-state index in [0.29, 0.717) is 19.1 Å². The minimum atomic E-state index is -1.93. The van der Waals surface area contributed by atoms with Crippen LogP contribution in [0.3, 0.4) is 0 Å². The van der Waals surface area contributed by atoms with E-state index in [0.717, 1.165) is 12.8 Å². The van der Waals surface area contributed by atoms with E-state index in [2.05, 4.69) is 19.6 Å². The van der Waals surface area contributed by atoms with Crippen LogP contribution in [0, 0.1) is 11.8 Å². The molecule has 1 aliphatic carbocycles. The molecule has 0 aliphatic heterocycles. The molecule has 0 radical (unpaired) electrons. The zero-order chi connectivity index (χ0) is 13.8. The van der Waals surface area contributed by atoms with Gasteiger partial charge in [-0.2, -0.15) is 0 Å². The standard InChI is InChI=1S/C13H26O4S/c1-4-16-11-7-10(8-13(14,15)18)12(17-5-2)6-9(11)3/h9-12,14-15,18H,4-8H2,1-3H3. The lowest BCUT2D eigenvalue weighted by atomic mass is 9.77. The van der Waals surface area contributed by atoms with Crippen LogP contribution in [0.15, 0.2) is 0 Å². The Hall–Kier alpha value is 0.190. The maximum absolute atomic E-state index is 9.46. The summed E-state index contributed by atoms with van der Waals surface area (Å²) in [5.41, 5.74) is 0. The highest BCUT2D eigenvalue weighted by atomic mass is 32.1. The van der Waals surface area contributed by atoms with Crippen molar-refractivity contribution in [2.75, 3.05) is 13.2 Å². The summed E-state index contributed by atoms with van der Waals surface area (Å²) in [5, 5.41) is 17.0. The summed E-state index contributed by atoms with van der Waals surface area (Å²) in [7, 11) is 0. The Labute approximate surface area is 115 Å². The third-order valence-electron chi connectivity index (χ3n) is 3.60. The lowest BCUT2D eigenvalue weighted by Gasteiger charge is -2.41. The minimum Gasteiger partial charge on any atom is -0.378 e. The van der Waals surface area contributed by atoms with Crippen LogP contribution < -0.4 is 0 Å². The summed E-state index contributed by atoms with van der Waals surface area (Å²) in [5.74, 6) is 0.509. The van der Waals surface area contributed by atoms with E-state index in [4.69, 9.17) is 9.47 Å². The van der Waals surface area contributed by atoms with Crippen molar-refractivity contribution in [3.63, 3.8) is 0 Å². The molecule has 0 heterocycles. The molecule has 0 bridgehead atoms. The van der Waals surface area contributed by atoms with Crippen molar-refractivity contribution in [1.82, 2.24) is 0 Å². The van der Waals surface area contributed by atoms with Gasteiger partial charge in [-0.15, -0.1) is 12.6 Å². The van der Waals surface area contributed by atoms with E-state index in [1.165, 1.54) is 0 Å². The Morgan fingerprint density at radius 1 is 1.11 bits per heavy atom. The van der Waals surface area contributed by atoms with Gasteiger partial charge in [-0.1, -0.05) is 6.92 Å². The summed E-state index contributed by atoms with van der Waals surface area (Å²) >= 11 is 3.79. The maximum atomic E-state index is 9.46. The SMILES string of the molecule is CCOC1CC(CC(O)(O)S)C(OCC)CC1C. The smallest absolute Gasteiger partial charge is 0.210 e. The molecule has 0 amide bonds. The monoisotopic (exact) mass is 278 g/mol. The molecule has 1 aliphatic rings. The molecule has 0 aromatic carbocycles. The third-order valence-corrected chi connectivity index (χ3v) is 3.78. The molecule has 4 unspecified atom stereocenters. The first kappa shape index (κ1) is 16.2. The Bertz CT molecular complexity index is 242. The molecule has 0 aromatic heterocycles. The fourth-order valence-corrected chi connectivity index (χ4v) is 3.06. The molecule has 0 saturated heterocycles. The zero-order valence-corrected chi connectivity index (χ0v) is 12.4. The van der Waals surface area contributed by atoms with Gasteiger partial charge in [0.2, 0.25) is 5.12 Å². The largest absolute Gasteiger partial charge is 0.378 e. The molecular formula is C13H26O4S. The molecule has 1 fully saturated rings. The van der Waals surface area contributed by atoms with E-state index in [9.17, 15) is 10.2 Å². The van der Waals surface area contributed by atoms with E-state index < -0.39 is 5.12 Å². The summed E-state index contributed by atoms with van der Waals surface area (Å²) in [4.78, 5) is 0. The van der Waals surface area contributed by atoms with Gasteiger partial charge in [-0.05, 0) is 38.5 Å². The van der Waals surface area contributed by atoms with Crippen LogP contribution in [0.5, 0.6) is 0 Å². The first-order chi connectivity index (χ1) is 8.37. The second-order valence-electron chi connectivity index (χ2n) is 5.17. The summed E-state index contributed by atoms with van der Waals surface area (Å²) in [6.07, 6.45) is 2.13. The van der Waals surface area contributed by atoms with Crippen LogP contribution in [0.2, 0.25) is 0 Å². The highest BCUT2D eigenvalue weighted by Gasteiger charge is 2.39. The Morgan fingerprint density at radius 2 is 1.67 bits per heavy atom. The summed E-state index contributed by atoms with van der Waals surface area (Å²) in [6.45, 7) is 7.43. The van der Waals surface area contributed by atoms with Crippen LogP contribution >= 0.6 is 12.6 Å². The fraction of sp³-hybridized carbons (Fsp3) is 1.00. The van der Waals surface area contributed by atoms with Gasteiger partial charge in [0.1, 0.15) is 0 Å². The van der Waals surface area contributed by atoms with E-state index in [-0.39, 0.29) is 24.5 Å².